The van der Waals surface area contributed by atoms with E-state index in [1.165, 1.54) is 0 Å². The van der Waals surface area contributed by atoms with Gasteiger partial charge >= 0.3 is 0 Å². The van der Waals surface area contributed by atoms with Gasteiger partial charge in [0.05, 0.1) is 6.61 Å². The second kappa shape index (κ2) is 10.6. The molecule has 2 N–H and O–H groups in total. The van der Waals surface area contributed by atoms with E-state index in [9.17, 15) is 14.4 Å². The van der Waals surface area contributed by atoms with Crippen molar-refractivity contribution in [2.75, 3.05) is 25.5 Å². The molecule has 0 aliphatic carbocycles. The van der Waals surface area contributed by atoms with Crippen molar-refractivity contribution in [2.24, 2.45) is 0 Å². The van der Waals surface area contributed by atoms with Crippen LogP contribution < -0.4 is 10.6 Å². The molecule has 1 aromatic rings. The third-order valence-electron chi connectivity index (χ3n) is 5.48. The Morgan fingerprint density at radius 2 is 1.90 bits per heavy atom. The number of alkyl halides is 1. The number of amides is 3. The molecule has 1 saturated heterocycles. The van der Waals surface area contributed by atoms with Crippen molar-refractivity contribution in [1.82, 2.24) is 15.5 Å². The molecule has 1 fully saturated rings. The van der Waals surface area contributed by atoms with Crippen LogP contribution in [0.3, 0.4) is 0 Å². The Morgan fingerprint density at radius 1 is 1.10 bits per heavy atom. The van der Waals surface area contributed by atoms with Crippen molar-refractivity contribution in [3.05, 3.63) is 35.4 Å². The zero-order chi connectivity index (χ0) is 20.6. The molecular weight excluding hydrogens is 394 g/mol. The van der Waals surface area contributed by atoms with Gasteiger partial charge in [-0.3, -0.25) is 14.4 Å². The number of nitrogens with one attached hydrogen (secondary N) is 2. The summed E-state index contributed by atoms with van der Waals surface area (Å²) in [7, 11) is 0. The van der Waals surface area contributed by atoms with Gasteiger partial charge in [-0.15, -0.1) is 11.6 Å². The molecule has 2 aliphatic heterocycles. The van der Waals surface area contributed by atoms with Crippen molar-refractivity contribution < 1.29 is 19.1 Å². The van der Waals surface area contributed by atoms with Gasteiger partial charge < -0.3 is 20.3 Å². The number of rotatable bonds is 7. The number of benzene rings is 1. The molecule has 29 heavy (non-hydrogen) atoms. The van der Waals surface area contributed by atoms with Gasteiger partial charge in [-0.25, -0.2) is 0 Å². The van der Waals surface area contributed by atoms with E-state index >= 15 is 0 Å². The molecule has 7 nitrogen and oxygen atoms in total. The molecule has 2 unspecified atom stereocenters. The Balaban J connectivity index is 1.51. The fraction of sp³-hybridized carbons (Fsp3) is 0.571. The summed E-state index contributed by atoms with van der Waals surface area (Å²) in [4.78, 5) is 38.2. The van der Waals surface area contributed by atoms with E-state index in [1.807, 2.05) is 23.1 Å². The number of carbonyl (C=O) groups is 3. The molecule has 3 amide bonds. The standard InChI is InChI=1S/C21H28ClN3O4/c22-12-20(27)23-9-8-19(26)24-13-17-7-3-4-10-25(17)21(28)18-11-15-5-1-2-6-16(15)14-29-18/h1-2,5-6,17-18H,3-4,7-14H2,(H,23,27)(H,24,26). The highest BCUT2D eigenvalue weighted by molar-refractivity contribution is 6.27. The fourth-order valence-electron chi connectivity index (χ4n) is 3.88. The average Bonchev–Trinajstić information content (AvgIpc) is 2.77. The summed E-state index contributed by atoms with van der Waals surface area (Å²) in [5, 5.41) is 5.46. The number of hydrogen-bond donors (Lipinski definition) is 2. The quantitative estimate of drug-likeness (QED) is 0.651. The number of likely N-dealkylation sites (tertiary alicyclic amines) is 1. The number of hydrogen-bond acceptors (Lipinski definition) is 4. The van der Waals surface area contributed by atoms with Gasteiger partial charge in [0.15, 0.2) is 0 Å². The Hall–Kier alpha value is -2.12. The minimum absolute atomic E-state index is 0.00725. The van der Waals surface area contributed by atoms with Crippen LogP contribution in [-0.2, 0) is 32.1 Å². The second-order valence-electron chi connectivity index (χ2n) is 7.49. The normalized spacial score (nSPS) is 21.2. The van der Waals surface area contributed by atoms with Crippen LogP contribution in [0.5, 0.6) is 0 Å². The van der Waals surface area contributed by atoms with Crippen molar-refractivity contribution >= 4 is 29.3 Å². The number of nitrogens with zero attached hydrogens (tertiary/aromatic N) is 1. The van der Waals surface area contributed by atoms with Crippen LogP contribution in [0.2, 0.25) is 0 Å². The maximum Gasteiger partial charge on any atom is 0.252 e. The van der Waals surface area contributed by atoms with Crippen molar-refractivity contribution in [3.63, 3.8) is 0 Å². The minimum atomic E-state index is -0.466. The highest BCUT2D eigenvalue weighted by Crippen LogP contribution is 2.24. The van der Waals surface area contributed by atoms with Crippen LogP contribution in [0.4, 0.5) is 0 Å². The molecule has 0 spiro atoms. The summed E-state index contributed by atoms with van der Waals surface area (Å²) in [6, 6.07) is 8.02. The number of fused-ring (bicyclic) bond motifs is 1. The van der Waals surface area contributed by atoms with Crippen molar-refractivity contribution in [1.29, 1.82) is 0 Å². The van der Waals surface area contributed by atoms with Gasteiger partial charge in [-0.05, 0) is 30.4 Å². The second-order valence-corrected chi connectivity index (χ2v) is 7.76. The monoisotopic (exact) mass is 421 g/mol. The van der Waals surface area contributed by atoms with E-state index in [2.05, 4.69) is 16.7 Å². The molecule has 1 aromatic carbocycles. The lowest BCUT2D eigenvalue weighted by Crippen LogP contribution is -2.53. The van der Waals surface area contributed by atoms with Gasteiger partial charge in [-0.1, -0.05) is 24.3 Å². The highest BCUT2D eigenvalue weighted by atomic mass is 35.5. The lowest BCUT2D eigenvalue weighted by molar-refractivity contribution is -0.149. The molecule has 2 atom stereocenters. The topological polar surface area (TPSA) is 87.7 Å². The Bertz CT molecular complexity index is 742. The molecule has 2 aliphatic rings. The van der Waals surface area contributed by atoms with Crippen molar-refractivity contribution in [2.45, 2.75) is 50.9 Å². The highest BCUT2D eigenvalue weighted by Gasteiger charge is 2.34. The lowest BCUT2D eigenvalue weighted by atomic mass is 9.96. The van der Waals surface area contributed by atoms with Crippen LogP contribution in [0.25, 0.3) is 0 Å². The Labute approximate surface area is 176 Å². The summed E-state index contributed by atoms with van der Waals surface area (Å²) in [5.41, 5.74) is 2.30. The van der Waals surface area contributed by atoms with Crippen LogP contribution in [0.1, 0.15) is 36.8 Å². The van der Waals surface area contributed by atoms with Gasteiger partial charge in [0.2, 0.25) is 11.8 Å². The summed E-state index contributed by atoms with van der Waals surface area (Å²) in [6.45, 7) is 1.81. The Morgan fingerprint density at radius 3 is 2.69 bits per heavy atom. The van der Waals surface area contributed by atoms with E-state index in [4.69, 9.17) is 16.3 Å². The zero-order valence-electron chi connectivity index (χ0n) is 16.5. The summed E-state index contributed by atoms with van der Waals surface area (Å²) >= 11 is 5.41. The summed E-state index contributed by atoms with van der Waals surface area (Å²) < 4.78 is 5.85. The predicted molar refractivity (Wildman–Crippen MR) is 109 cm³/mol. The molecule has 158 valence electrons. The first kappa shape index (κ1) is 21.6. The fourth-order valence-corrected chi connectivity index (χ4v) is 3.97. The van der Waals surface area contributed by atoms with Gasteiger partial charge in [-0.2, -0.15) is 0 Å². The van der Waals surface area contributed by atoms with Crippen molar-refractivity contribution in [3.8, 4) is 0 Å². The molecule has 2 heterocycles. The largest absolute Gasteiger partial charge is 0.363 e. The SMILES string of the molecule is O=C(CCl)NCCC(=O)NCC1CCCCN1C(=O)C1Cc2ccccc2CO1. The first-order chi connectivity index (χ1) is 14.1. The summed E-state index contributed by atoms with van der Waals surface area (Å²) in [6.07, 6.45) is 3.16. The Kier molecular flexibility index (Phi) is 7.89. The van der Waals surface area contributed by atoms with Crippen LogP contribution in [0, 0.1) is 0 Å². The van der Waals surface area contributed by atoms with E-state index in [-0.39, 0.29) is 42.6 Å². The number of carbonyl (C=O) groups excluding carboxylic acids is 3. The maximum absolute atomic E-state index is 13.1. The summed E-state index contributed by atoms with van der Waals surface area (Å²) in [5.74, 6) is -0.555. The van der Waals surface area contributed by atoms with E-state index in [0.717, 1.165) is 30.4 Å². The third kappa shape index (κ3) is 5.93. The molecular formula is C21H28ClN3O4. The average molecular weight is 422 g/mol. The first-order valence-electron chi connectivity index (χ1n) is 10.2. The van der Waals surface area contributed by atoms with E-state index < -0.39 is 6.10 Å². The third-order valence-corrected chi connectivity index (χ3v) is 5.72. The van der Waals surface area contributed by atoms with Crippen LogP contribution in [-0.4, -0.2) is 60.3 Å². The lowest BCUT2D eigenvalue weighted by Gasteiger charge is -2.38. The van der Waals surface area contributed by atoms with E-state index in [1.54, 1.807) is 0 Å². The number of piperidine rings is 1. The minimum Gasteiger partial charge on any atom is -0.363 e. The van der Waals surface area contributed by atoms with Gasteiger partial charge in [0, 0.05) is 38.5 Å². The molecule has 0 saturated carbocycles. The zero-order valence-corrected chi connectivity index (χ0v) is 17.2. The smallest absolute Gasteiger partial charge is 0.252 e. The predicted octanol–water partition coefficient (Wildman–Crippen LogP) is 1.37. The number of halogens is 1. The molecule has 0 aromatic heterocycles. The molecule has 8 heteroatoms. The van der Waals surface area contributed by atoms with Crippen LogP contribution >= 0.6 is 11.6 Å². The van der Waals surface area contributed by atoms with Gasteiger partial charge in [0.25, 0.3) is 5.91 Å². The molecule has 0 radical (unpaired) electrons. The molecule has 3 rings (SSSR count). The maximum atomic E-state index is 13.1. The van der Waals surface area contributed by atoms with E-state index in [0.29, 0.717) is 26.1 Å². The first-order valence-corrected chi connectivity index (χ1v) is 10.7. The van der Waals surface area contributed by atoms with Gasteiger partial charge in [0.1, 0.15) is 12.0 Å². The number of ether oxygens (including phenoxy) is 1. The molecule has 0 bridgehead atoms. The van der Waals surface area contributed by atoms with Crippen LogP contribution in [0.15, 0.2) is 24.3 Å².